The van der Waals surface area contributed by atoms with Crippen LogP contribution in [0.2, 0.25) is 0 Å². The lowest BCUT2D eigenvalue weighted by Crippen LogP contribution is -2.35. The molecule has 0 aliphatic carbocycles. The fraction of sp³-hybridized carbons (Fsp3) is 0.238. The van der Waals surface area contributed by atoms with E-state index >= 15 is 0 Å². The topological polar surface area (TPSA) is 131 Å². The zero-order chi connectivity index (χ0) is 21.6. The Morgan fingerprint density at radius 2 is 2.00 bits per heavy atom. The van der Waals surface area contributed by atoms with Crippen LogP contribution in [0, 0.1) is 5.41 Å². The van der Waals surface area contributed by atoms with Crippen LogP contribution in [-0.2, 0) is 11.2 Å². The molecule has 0 radical (unpaired) electrons. The smallest absolute Gasteiger partial charge is 0.133 e. The number of anilines is 1. The minimum atomic E-state index is -1.37. The third kappa shape index (κ3) is 6.13. The van der Waals surface area contributed by atoms with E-state index in [0.29, 0.717) is 28.8 Å². The fourth-order valence-electron chi connectivity index (χ4n) is 2.82. The third-order valence-corrected chi connectivity index (χ3v) is 4.47. The summed E-state index contributed by atoms with van der Waals surface area (Å²) in [5.41, 5.74) is 8.06. The van der Waals surface area contributed by atoms with Crippen molar-refractivity contribution in [2.24, 2.45) is 5.73 Å². The van der Waals surface area contributed by atoms with E-state index in [9.17, 15) is 9.90 Å². The Labute approximate surface area is 186 Å². The van der Waals surface area contributed by atoms with Crippen LogP contribution in [0.25, 0.3) is 5.03 Å². The van der Waals surface area contributed by atoms with E-state index in [0.717, 1.165) is 5.56 Å². The highest BCUT2D eigenvalue weighted by Crippen LogP contribution is 2.37. The second kappa shape index (κ2) is 11.4. The summed E-state index contributed by atoms with van der Waals surface area (Å²) < 4.78 is 5.63. The maximum atomic E-state index is 12.0. The molecule has 0 saturated carbocycles. The van der Waals surface area contributed by atoms with Crippen LogP contribution in [0.15, 0.2) is 43.0 Å². The second-order valence-corrected chi connectivity index (χ2v) is 6.74. The lowest BCUT2D eigenvalue weighted by atomic mass is 9.96. The summed E-state index contributed by atoms with van der Waals surface area (Å²) in [6.07, 6.45) is 0.636. The number of halogens is 2. The lowest BCUT2D eigenvalue weighted by Gasteiger charge is -2.26. The molecule has 9 heteroatoms. The van der Waals surface area contributed by atoms with Gasteiger partial charge in [-0.25, -0.2) is 0 Å². The number of nitrogens with one attached hydrogen (secondary N) is 2. The van der Waals surface area contributed by atoms with E-state index in [1.807, 2.05) is 6.92 Å². The van der Waals surface area contributed by atoms with Crippen molar-refractivity contribution in [2.75, 3.05) is 18.5 Å². The summed E-state index contributed by atoms with van der Waals surface area (Å²) in [5.74, 6) is -1.24. The molecule has 1 atom stereocenters. The Hall–Kier alpha value is -2.74. The predicted octanol–water partition coefficient (Wildman–Crippen LogP) is 2.44. The number of carboxylic acids is 1. The summed E-state index contributed by atoms with van der Waals surface area (Å²) in [6, 6.07) is 8.67. The number of carbonyl (C=O) groups excluding carboxylic acids is 1. The van der Waals surface area contributed by atoms with Crippen molar-refractivity contribution in [2.45, 2.75) is 19.4 Å². The van der Waals surface area contributed by atoms with E-state index in [1.54, 1.807) is 36.4 Å². The first-order valence-electron chi connectivity index (χ1n) is 8.95. The quantitative estimate of drug-likeness (QED) is 0.323. The number of carbonyl (C=O) groups is 1. The average molecular weight is 453 g/mol. The van der Waals surface area contributed by atoms with Gasteiger partial charge in [-0.1, -0.05) is 25.1 Å². The molecule has 0 bridgehead atoms. The van der Waals surface area contributed by atoms with E-state index < -0.39 is 12.0 Å². The van der Waals surface area contributed by atoms with Crippen LogP contribution in [0.3, 0.4) is 0 Å². The molecule has 2 rings (SSSR count). The van der Waals surface area contributed by atoms with Crippen LogP contribution in [0.1, 0.15) is 35.2 Å². The van der Waals surface area contributed by atoms with Crippen LogP contribution in [0.5, 0.6) is 5.75 Å². The highest BCUT2D eigenvalue weighted by atomic mass is 35.5. The summed E-state index contributed by atoms with van der Waals surface area (Å²) in [7, 11) is 0. The lowest BCUT2D eigenvalue weighted by molar-refractivity contribution is -0.307. The van der Waals surface area contributed by atoms with Gasteiger partial charge in [0.25, 0.3) is 0 Å². The SMILES string of the molecule is C=C(Cl)c1cc(CC)cc(C(Nc2ccc(C(=N)N)cc2)C(=O)[O-])c1OCCO.Cl. The number of hydrogen-bond acceptors (Lipinski definition) is 6. The van der Waals surface area contributed by atoms with Gasteiger partial charge in [0.15, 0.2) is 0 Å². The molecule has 2 aromatic carbocycles. The first-order valence-corrected chi connectivity index (χ1v) is 9.33. The Morgan fingerprint density at radius 3 is 2.47 bits per heavy atom. The summed E-state index contributed by atoms with van der Waals surface area (Å²) in [5, 5.41) is 31.7. The van der Waals surface area contributed by atoms with Gasteiger partial charge in [0.1, 0.15) is 18.2 Å². The van der Waals surface area contributed by atoms with Gasteiger partial charge in [-0.3, -0.25) is 5.41 Å². The number of nitrogens with two attached hydrogens (primary N) is 1. The molecule has 0 amide bonds. The van der Waals surface area contributed by atoms with E-state index in [-0.39, 0.29) is 42.2 Å². The molecule has 2 aromatic rings. The zero-order valence-electron chi connectivity index (χ0n) is 16.4. The van der Waals surface area contributed by atoms with Gasteiger partial charge >= 0.3 is 0 Å². The van der Waals surface area contributed by atoms with Gasteiger partial charge in [-0.2, -0.15) is 0 Å². The minimum absolute atomic E-state index is 0. The van der Waals surface area contributed by atoms with Crippen molar-refractivity contribution in [3.05, 3.63) is 65.2 Å². The molecular formula is C21H24Cl2N3O4-. The molecule has 0 saturated heterocycles. The molecule has 0 aliphatic heterocycles. The predicted molar refractivity (Wildman–Crippen MR) is 119 cm³/mol. The molecule has 30 heavy (non-hydrogen) atoms. The summed E-state index contributed by atoms with van der Waals surface area (Å²) in [6.45, 7) is 5.37. The van der Waals surface area contributed by atoms with Gasteiger partial charge in [-0.05, 0) is 48.4 Å². The fourth-order valence-corrected chi connectivity index (χ4v) is 2.96. The zero-order valence-corrected chi connectivity index (χ0v) is 18.0. The largest absolute Gasteiger partial charge is 0.548 e. The number of nitrogen functional groups attached to an aromatic ring is 1. The van der Waals surface area contributed by atoms with Crippen molar-refractivity contribution in [3.8, 4) is 5.75 Å². The Balaban J connectivity index is 0.00000450. The number of aryl methyl sites for hydroxylation is 1. The molecule has 7 nitrogen and oxygen atoms in total. The normalized spacial score (nSPS) is 11.2. The van der Waals surface area contributed by atoms with E-state index in [1.165, 1.54) is 0 Å². The Kier molecular flexibility index (Phi) is 9.65. The highest BCUT2D eigenvalue weighted by Gasteiger charge is 2.22. The van der Waals surface area contributed by atoms with Crippen LogP contribution in [0.4, 0.5) is 5.69 Å². The maximum absolute atomic E-state index is 12.0. The maximum Gasteiger partial charge on any atom is 0.133 e. The first-order chi connectivity index (χ1) is 13.8. The highest BCUT2D eigenvalue weighted by molar-refractivity contribution is 6.48. The van der Waals surface area contributed by atoms with E-state index in [2.05, 4.69) is 11.9 Å². The molecule has 1 unspecified atom stereocenters. The van der Waals surface area contributed by atoms with Crippen LogP contribution in [-0.4, -0.2) is 30.1 Å². The summed E-state index contributed by atoms with van der Waals surface area (Å²) >= 11 is 6.13. The molecule has 0 fully saturated rings. The molecule has 0 heterocycles. The van der Waals surface area contributed by atoms with Gasteiger partial charge in [0, 0.05) is 27.4 Å². The number of benzene rings is 2. The summed E-state index contributed by atoms with van der Waals surface area (Å²) in [4.78, 5) is 12.0. The molecule has 5 N–H and O–H groups in total. The van der Waals surface area contributed by atoms with Gasteiger partial charge in [-0.15, -0.1) is 12.4 Å². The number of aliphatic hydroxyl groups excluding tert-OH is 1. The van der Waals surface area contributed by atoms with Crippen molar-refractivity contribution >= 4 is 46.5 Å². The Morgan fingerprint density at radius 1 is 1.37 bits per heavy atom. The van der Waals surface area contributed by atoms with Crippen LogP contribution >= 0.6 is 24.0 Å². The van der Waals surface area contributed by atoms with Gasteiger partial charge in [0.2, 0.25) is 0 Å². The number of aliphatic carboxylic acids is 1. The van der Waals surface area contributed by atoms with Crippen molar-refractivity contribution in [1.29, 1.82) is 5.41 Å². The monoisotopic (exact) mass is 452 g/mol. The molecule has 162 valence electrons. The number of aliphatic hydroxyl groups is 1. The van der Waals surface area contributed by atoms with Crippen molar-refractivity contribution < 1.29 is 19.7 Å². The van der Waals surface area contributed by atoms with Crippen molar-refractivity contribution in [3.63, 3.8) is 0 Å². The number of hydrogen-bond donors (Lipinski definition) is 4. The van der Waals surface area contributed by atoms with Gasteiger partial charge < -0.3 is 30.8 Å². The number of ether oxygens (including phenoxy) is 1. The first kappa shape index (κ1) is 25.3. The number of carboxylic acid groups (broad SMARTS) is 1. The molecule has 0 spiro atoms. The van der Waals surface area contributed by atoms with Gasteiger partial charge in [0.05, 0.1) is 18.6 Å². The molecule has 0 aromatic heterocycles. The molecular weight excluding hydrogens is 429 g/mol. The Bertz CT molecular complexity index is 917. The third-order valence-electron chi connectivity index (χ3n) is 4.27. The average Bonchev–Trinajstić information content (AvgIpc) is 2.69. The number of amidine groups is 1. The van der Waals surface area contributed by atoms with Crippen molar-refractivity contribution in [1.82, 2.24) is 0 Å². The van der Waals surface area contributed by atoms with Crippen LogP contribution < -0.4 is 20.9 Å². The number of rotatable bonds is 10. The minimum Gasteiger partial charge on any atom is -0.548 e. The second-order valence-electron chi connectivity index (χ2n) is 6.28. The standard InChI is InChI=1S/C21H24ClN3O4.ClH/c1-3-13-10-16(12(2)22)19(29-9-8-26)17(11-13)18(21(27)28)25-15-6-4-14(5-7-15)20(23)24;/h4-7,10-11,18,25-26H,2-3,8-9H2,1H3,(H3,23,24)(H,27,28);1H/p-1. The molecule has 0 aliphatic rings. The van der Waals surface area contributed by atoms with E-state index in [4.69, 9.17) is 32.6 Å².